The van der Waals surface area contributed by atoms with Crippen LogP contribution in [0.15, 0.2) is 33.4 Å². The van der Waals surface area contributed by atoms with E-state index in [1.165, 1.54) is 4.88 Å². The molecule has 1 unspecified atom stereocenters. The summed E-state index contributed by atoms with van der Waals surface area (Å²) in [5.41, 5.74) is 0.864. The van der Waals surface area contributed by atoms with Gasteiger partial charge in [0.15, 0.2) is 0 Å². The number of furan rings is 1. The van der Waals surface area contributed by atoms with Crippen molar-refractivity contribution < 1.29 is 9.52 Å². The van der Waals surface area contributed by atoms with Crippen LogP contribution in [0.5, 0.6) is 0 Å². The van der Waals surface area contributed by atoms with Gasteiger partial charge in [0.2, 0.25) is 0 Å². The maximum atomic E-state index is 10.7. The van der Waals surface area contributed by atoms with Crippen molar-refractivity contribution in [2.24, 2.45) is 0 Å². The Bertz CT molecular complexity index is 772. The van der Waals surface area contributed by atoms with Crippen LogP contribution in [0.1, 0.15) is 29.7 Å². The van der Waals surface area contributed by atoms with Gasteiger partial charge >= 0.3 is 0 Å². The van der Waals surface area contributed by atoms with Gasteiger partial charge in [0.05, 0.1) is 10.6 Å². The number of aromatic nitrogens is 1. The lowest BCUT2D eigenvalue weighted by molar-refractivity contribution is 0.0551. The Morgan fingerprint density at radius 1 is 1.35 bits per heavy atom. The minimum Gasteiger partial charge on any atom is -0.466 e. The molecule has 0 spiro atoms. The van der Waals surface area contributed by atoms with Crippen LogP contribution in [0.3, 0.4) is 0 Å². The first-order chi connectivity index (χ1) is 11.0. The van der Waals surface area contributed by atoms with E-state index in [0.29, 0.717) is 13.1 Å². The van der Waals surface area contributed by atoms with Gasteiger partial charge in [-0.2, -0.15) is 0 Å². The Labute approximate surface area is 143 Å². The van der Waals surface area contributed by atoms with Crippen LogP contribution in [-0.2, 0) is 12.1 Å². The summed E-state index contributed by atoms with van der Waals surface area (Å²) in [6.45, 7) is 6.65. The molecule has 0 aliphatic heterocycles. The first-order valence-electron chi connectivity index (χ1n) is 7.44. The summed E-state index contributed by atoms with van der Waals surface area (Å²) in [5.74, 6) is 1.58. The highest BCUT2D eigenvalue weighted by molar-refractivity contribution is 7.20. The van der Waals surface area contributed by atoms with E-state index >= 15 is 0 Å². The van der Waals surface area contributed by atoms with Crippen molar-refractivity contribution in [3.63, 3.8) is 0 Å². The summed E-state index contributed by atoms with van der Waals surface area (Å²) in [6, 6.07) is 6.01. The van der Waals surface area contributed by atoms with Crippen molar-refractivity contribution in [2.75, 3.05) is 6.54 Å². The summed E-state index contributed by atoms with van der Waals surface area (Å²) in [5, 5.41) is 19.1. The van der Waals surface area contributed by atoms with E-state index in [-0.39, 0.29) is 0 Å². The van der Waals surface area contributed by atoms with Gasteiger partial charge in [0, 0.05) is 24.0 Å². The highest BCUT2D eigenvalue weighted by atomic mass is 32.1. The monoisotopic (exact) mass is 348 g/mol. The molecule has 3 heterocycles. The molecule has 0 aliphatic rings. The van der Waals surface area contributed by atoms with Crippen LogP contribution in [0.25, 0.3) is 9.88 Å². The Morgan fingerprint density at radius 2 is 2.17 bits per heavy atom. The van der Waals surface area contributed by atoms with Crippen LogP contribution < -0.4 is 5.32 Å². The summed E-state index contributed by atoms with van der Waals surface area (Å²) in [7, 11) is 0. The summed E-state index contributed by atoms with van der Waals surface area (Å²) in [6.07, 6.45) is 0. The molecule has 0 saturated carbocycles. The second kappa shape index (κ2) is 6.57. The van der Waals surface area contributed by atoms with E-state index in [1.807, 2.05) is 26.0 Å². The van der Waals surface area contributed by atoms with Crippen LogP contribution in [0, 0.1) is 13.8 Å². The third-order valence-electron chi connectivity index (χ3n) is 3.68. The molecule has 0 amide bonds. The predicted octanol–water partition coefficient (Wildman–Crippen LogP) is 4.08. The maximum absolute atomic E-state index is 10.7. The van der Waals surface area contributed by atoms with Crippen molar-refractivity contribution >= 4 is 22.7 Å². The van der Waals surface area contributed by atoms with Gasteiger partial charge in [-0.1, -0.05) is 6.07 Å². The van der Waals surface area contributed by atoms with Crippen molar-refractivity contribution in [1.29, 1.82) is 0 Å². The van der Waals surface area contributed by atoms with Gasteiger partial charge in [-0.05, 0) is 38.3 Å². The summed E-state index contributed by atoms with van der Waals surface area (Å²) in [4.78, 5) is 5.83. The number of hydrogen-bond acceptors (Lipinski definition) is 6. The first-order valence-corrected chi connectivity index (χ1v) is 9.20. The van der Waals surface area contributed by atoms with Crippen molar-refractivity contribution in [1.82, 2.24) is 10.3 Å². The highest BCUT2D eigenvalue weighted by Gasteiger charge is 2.27. The van der Waals surface area contributed by atoms with E-state index in [1.54, 1.807) is 29.6 Å². The topological polar surface area (TPSA) is 58.3 Å². The van der Waals surface area contributed by atoms with Gasteiger partial charge in [0.25, 0.3) is 0 Å². The molecule has 3 rings (SSSR count). The molecular formula is C17H20N2O2S2. The lowest BCUT2D eigenvalue weighted by Gasteiger charge is -2.23. The molecule has 3 aromatic heterocycles. The third-order valence-corrected chi connectivity index (χ3v) is 5.61. The molecule has 4 nitrogen and oxygen atoms in total. The Kier molecular flexibility index (Phi) is 4.68. The largest absolute Gasteiger partial charge is 0.466 e. The predicted molar refractivity (Wildman–Crippen MR) is 94.9 cm³/mol. The first kappa shape index (κ1) is 16.4. The normalized spacial score (nSPS) is 14.1. The molecule has 2 N–H and O–H groups in total. The third kappa shape index (κ3) is 3.72. The molecule has 0 saturated heterocycles. The number of aliphatic hydroxyl groups is 1. The highest BCUT2D eigenvalue weighted by Crippen LogP contribution is 2.28. The van der Waals surface area contributed by atoms with E-state index in [2.05, 4.69) is 27.1 Å². The fourth-order valence-electron chi connectivity index (χ4n) is 2.60. The zero-order valence-electron chi connectivity index (χ0n) is 13.4. The Hall–Kier alpha value is -1.47. The smallest absolute Gasteiger partial charge is 0.133 e. The molecule has 6 heteroatoms. The number of aryl methyl sites for hydroxylation is 2. The summed E-state index contributed by atoms with van der Waals surface area (Å²) >= 11 is 3.34. The van der Waals surface area contributed by atoms with Crippen LogP contribution >= 0.6 is 22.7 Å². The fraction of sp³-hybridized carbons (Fsp3) is 0.353. The lowest BCUT2D eigenvalue weighted by atomic mass is 9.96. The van der Waals surface area contributed by atoms with Gasteiger partial charge in [-0.25, -0.2) is 4.98 Å². The molecule has 0 aliphatic carbocycles. The molecule has 0 bridgehead atoms. The van der Waals surface area contributed by atoms with E-state index in [0.717, 1.165) is 27.8 Å². The number of nitrogens with one attached hydrogen (secondary N) is 1. The minimum atomic E-state index is -0.964. The van der Waals surface area contributed by atoms with Crippen molar-refractivity contribution in [2.45, 2.75) is 32.9 Å². The molecule has 0 radical (unpaired) electrons. The van der Waals surface area contributed by atoms with E-state index < -0.39 is 5.60 Å². The molecular weight excluding hydrogens is 328 g/mol. The molecule has 23 heavy (non-hydrogen) atoms. The van der Waals surface area contributed by atoms with Gasteiger partial charge in [0.1, 0.15) is 22.1 Å². The van der Waals surface area contributed by atoms with Crippen LogP contribution in [0.2, 0.25) is 0 Å². The molecule has 3 aromatic rings. The minimum absolute atomic E-state index is 0.443. The second-order valence-corrected chi connectivity index (χ2v) is 7.63. The molecule has 0 fully saturated rings. The zero-order valence-corrected chi connectivity index (χ0v) is 15.1. The SMILES string of the molecule is Cc1cc(C(C)(O)CNCc2csc(-c3cccs3)n2)c(C)o1. The standard InChI is InChI=1S/C17H20N2O2S2/c1-11-7-14(12(2)21-11)17(3,20)10-18-8-13-9-23-16(19-13)15-5-4-6-22-15/h4-7,9,18,20H,8,10H2,1-3H3. The quantitative estimate of drug-likeness (QED) is 0.705. The summed E-state index contributed by atoms with van der Waals surface area (Å²) < 4.78 is 5.51. The molecule has 1 atom stereocenters. The van der Waals surface area contributed by atoms with Gasteiger partial charge in [-0.3, -0.25) is 0 Å². The Morgan fingerprint density at radius 3 is 2.83 bits per heavy atom. The number of hydrogen-bond donors (Lipinski definition) is 2. The van der Waals surface area contributed by atoms with Crippen molar-refractivity contribution in [3.8, 4) is 9.88 Å². The number of rotatable bonds is 6. The Balaban J connectivity index is 1.60. The number of thiazole rings is 1. The average molecular weight is 348 g/mol. The zero-order chi connectivity index (χ0) is 16.4. The number of thiophene rings is 1. The van der Waals surface area contributed by atoms with Crippen molar-refractivity contribution in [3.05, 3.63) is 51.7 Å². The van der Waals surface area contributed by atoms with E-state index in [4.69, 9.17) is 4.42 Å². The van der Waals surface area contributed by atoms with Crippen LogP contribution in [0.4, 0.5) is 0 Å². The lowest BCUT2D eigenvalue weighted by Crippen LogP contribution is -2.35. The van der Waals surface area contributed by atoms with Gasteiger partial charge in [-0.15, -0.1) is 22.7 Å². The molecule has 0 aromatic carbocycles. The van der Waals surface area contributed by atoms with Crippen LogP contribution in [-0.4, -0.2) is 16.6 Å². The maximum Gasteiger partial charge on any atom is 0.133 e. The van der Waals surface area contributed by atoms with E-state index in [9.17, 15) is 5.11 Å². The average Bonchev–Trinajstić information content (AvgIpc) is 3.19. The number of nitrogens with zero attached hydrogens (tertiary/aromatic N) is 1. The molecule has 122 valence electrons. The second-order valence-electron chi connectivity index (χ2n) is 5.83. The van der Waals surface area contributed by atoms with Gasteiger partial charge < -0.3 is 14.8 Å². The fourth-order valence-corrected chi connectivity index (χ4v) is 4.23.